The molecule has 5 nitrogen and oxygen atoms in total. The number of amides is 1. The van der Waals surface area contributed by atoms with Crippen LogP contribution in [-0.4, -0.2) is 39.2 Å². The van der Waals surface area contributed by atoms with Crippen molar-refractivity contribution in [3.63, 3.8) is 0 Å². The van der Waals surface area contributed by atoms with Crippen molar-refractivity contribution in [2.45, 2.75) is 45.6 Å². The molecule has 1 atom stereocenters. The Balaban J connectivity index is 1.62. The number of hydrogen-bond acceptors (Lipinski definition) is 3. The highest BCUT2D eigenvalue weighted by Gasteiger charge is 2.47. The second kappa shape index (κ2) is 6.52. The maximum Gasteiger partial charge on any atom is 0.282 e. The van der Waals surface area contributed by atoms with Gasteiger partial charge in [0, 0.05) is 17.5 Å². The maximum absolute atomic E-state index is 13.4. The molecule has 0 aliphatic carbocycles. The highest BCUT2D eigenvalue weighted by atomic mass is 19.3. The van der Waals surface area contributed by atoms with Gasteiger partial charge in [-0.05, 0) is 44.7 Å². The quantitative estimate of drug-likeness (QED) is 0.627. The number of nitrogens with zero attached hydrogens (tertiary/aromatic N) is 3. The number of likely N-dealkylation sites (tertiary alicyclic amines) is 1. The molecule has 156 valence electrons. The first kappa shape index (κ1) is 19.0. The summed E-state index contributed by atoms with van der Waals surface area (Å²) in [5.74, 6) is -2.58. The number of imidazole rings is 1. The minimum absolute atomic E-state index is 0.140. The Hall–Kier alpha value is -2.96. The molecule has 1 aromatic carbocycles. The van der Waals surface area contributed by atoms with E-state index in [4.69, 9.17) is 4.74 Å². The number of carbonyl (C=O) groups is 1. The molecule has 1 fully saturated rings. The summed E-state index contributed by atoms with van der Waals surface area (Å²) in [4.78, 5) is 18.9. The molecule has 0 unspecified atom stereocenters. The predicted octanol–water partition coefficient (Wildman–Crippen LogP) is 4.42. The average Bonchev–Trinajstić information content (AvgIpc) is 2.99. The van der Waals surface area contributed by atoms with Gasteiger partial charge >= 0.3 is 0 Å². The zero-order valence-electron chi connectivity index (χ0n) is 17.2. The largest absolute Gasteiger partial charge is 0.481 e. The van der Waals surface area contributed by atoms with E-state index in [2.05, 4.69) is 24.0 Å². The molecule has 30 heavy (non-hydrogen) atoms. The van der Waals surface area contributed by atoms with Crippen LogP contribution in [-0.2, 0) is 6.42 Å². The monoisotopic (exact) mass is 411 g/mol. The molecule has 5 rings (SSSR count). The van der Waals surface area contributed by atoms with Gasteiger partial charge in [0.05, 0.1) is 24.3 Å². The highest BCUT2D eigenvalue weighted by molar-refractivity contribution is 5.97. The van der Waals surface area contributed by atoms with E-state index >= 15 is 0 Å². The number of aromatic nitrogens is 2. The molecule has 0 bridgehead atoms. The molecular formula is C23H23F2N3O2. The summed E-state index contributed by atoms with van der Waals surface area (Å²) in [5.41, 5.74) is 5.86. The number of ether oxygens (including phenoxy) is 1. The second-order valence-electron chi connectivity index (χ2n) is 8.35. The van der Waals surface area contributed by atoms with E-state index in [1.165, 1.54) is 4.90 Å². The number of hydrogen-bond donors (Lipinski definition) is 0. The number of aryl methyl sites for hydroxylation is 3. The lowest BCUT2D eigenvalue weighted by atomic mass is 9.92. The van der Waals surface area contributed by atoms with Crippen molar-refractivity contribution in [2.24, 2.45) is 0 Å². The third-order valence-corrected chi connectivity index (χ3v) is 6.26. The van der Waals surface area contributed by atoms with Crippen molar-refractivity contribution in [3.05, 3.63) is 64.1 Å². The number of pyridine rings is 1. The molecule has 1 saturated heterocycles. The minimum atomic E-state index is -2.80. The minimum Gasteiger partial charge on any atom is -0.481 e. The standard InChI is InChI=1S/C23H23F2N3O2/c1-13-6-4-5-7-16(13)19-9-8-17-18(22(29)27-11-23(24,25)12-27)10-28-15(3)14(2)26-21(28)20(17)30-19/h4-7,10,19H,8-9,11-12H2,1-3H3/t19-/m0/s1. The summed E-state index contributed by atoms with van der Waals surface area (Å²) in [5, 5.41) is 0. The molecule has 2 aliphatic heterocycles. The lowest BCUT2D eigenvalue weighted by Gasteiger charge is -2.39. The molecule has 0 radical (unpaired) electrons. The number of carbonyl (C=O) groups excluding carboxylic acids is 1. The summed E-state index contributed by atoms with van der Waals surface area (Å²) >= 11 is 0. The van der Waals surface area contributed by atoms with E-state index in [0.717, 1.165) is 28.1 Å². The van der Waals surface area contributed by atoms with Crippen molar-refractivity contribution in [1.29, 1.82) is 0 Å². The van der Waals surface area contributed by atoms with Gasteiger partial charge in [-0.2, -0.15) is 0 Å². The van der Waals surface area contributed by atoms with Crippen LogP contribution in [0.3, 0.4) is 0 Å². The third kappa shape index (κ3) is 2.87. The van der Waals surface area contributed by atoms with Crippen molar-refractivity contribution in [2.75, 3.05) is 13.1 Å². The first-order valence-corrected chi connectivity index (χ1v) is 10.2. The van der Waals surface area contributed by atoms with Crippen molar-refractivity contribution >= 4 is 11.6 Å². The number of rotatable bonds is 2. The molecule has 0 saturated carbocycles. The molecule has 1 amide bonds. The zero-order valence-corrected chi connectivity index (χ0v) is 17.2. The smallest absolute Gasteiger partial charge is 0.282 e. The summed E-state index contributed by atoms with van der Waals surface area (Å²) < 4.78 is 35.0. The maximum atomic E-state index is 13.4. The molecule has 4 heterocycles. The lowest BCUT2D eigenvalue weighted by Crippen LogP contribution is -2.58. The van der Waals surface area contributed by atoms with Crippen LogP contribution in [0.5, 0.6) is 5.75 Å². The first-order chi connectivity index (χ1) is 14.2. The van der Waals surface area contributed by atoms with Crippen LogP contribution in [0.1, 0.15) is 51.0 Å². The number of halogens is 2. The fourth-order valence-corrected chi connectivity index (χ4v) is 4.44. The summed E-state index contributed by atoms with van der Waals surface area (Å²) in [6.07, 6.45) is 2.93. The van der Waals surface area contributed by atoms with E-state index < -0.39 is 19.0 Å². The fourth-order valence-electron chi connectivity index (χ4n) is 4.44. The molecule has 2 aliphatic rings. The van der Waals surface area contributed by atoms with Gasteiger partial charge in [-0.15, -0.1) is 0 Å². The SMILES string of the molecule is Cc1ccccc1[C@@H]1CCc2c(C(=O)N3CC(F)(F)C3)cn3c(C)c(C)nc3c2O1. The Bertz CT molecular complexity index is 1180. The number of fused-ring (bicyclic) bond motifs is 3. The van der Waals surface area contributed by atoms with E-state index in [1.807, 2.05) is 30.4 Å². The first-order valence-electron chi connectivity index (χ1n) is 10.2. The van der Waals surface area contributed by atoms with Gasteiger partial charge in [-0.3, -0.25) is 4.79 Å². The van der Waals surface area contributed by atoms with Gasteiger partial charge in [-0.1, -0.05) is 24.3 Å². The van der Waals surface area contributed by atoms with Crippen LogP contribution >= 0.6 is 0 Å². The summed E-state index contributed by atoms with van der Waals surface area (Å²) in [6, 6.07) is 8.10. The molecule has 3 aromatic rings. The van der Waals surface area contributed by atoms with Crippen LogP contribution in [0.2, 0.25) is 0 Å². The van der Waals surface area contributed by atoms with Crippen LogP contribution in [0.15, 0.2) is 30.5 Å². The van der Waals surface area contributed by atoms with E-state index in [-0.39, 0.29) is 12.0 Å². The van der Waals surface area contributed by atoms with Gasteiger partial charge in [0.15, 0.2) is 11.4 Å². The van der Waals surface area contributed by atoms with E-state index in [1.54, 1.807) is 6.20 Å². The summed E-state index contributed by atoms with van der Waals surface area (Å²) in [6.45, 7) is 4.82. The fraction of sp³-hybridized carbons (Fsp3) is 0.391. The summed E-state index contributed by atoms with van der Waals surface area (Å²) in [7, 11) is 0. The van der Waals surface area contributed by atoms with Gasteiger partial charge in [0.2, 0.25) is 0 Å². The molecule has 0 spiro atoms. The average molecular weight is 411 g/mol. The van der Waals surface area contributed by atoms with Crippen LogP contribution in [0.25, 0.3) is 5.65 Å². The zero-order chi connectivity index (χ0) is 21.2. The third-order valence-electron chi connectivity index (χ3n) is 6.26. The van der Waals surface area contributed by atoms with Crippen molar-refractivity contribution in [1.82, 2.24) is 14.3 Å². The van der Waals surface area contributed by atoms with Gasteiger partial charge in [-0.25, -0.2) is 13.8 Å². The predicted molar refractivity (Wildman–Crippen MR) is 108 cm³/mol. The highest BCUT2D eigenvalue weighted by Crippen LogP contribution is 2.41. The second-order valence-corrected chi connectivity index (χ2v) is 8.35. The molecule has 2 aromatic heterocycles. The molecular weight excluding hydrogens is 388 g/mol. The normalized spacial score (nSPS) is 19.9. The van der Waals surface area contributed by atoms with Crippen LogP contribution in [0, 0.1) is 20.8 Å². The van der Waals surface area contributed by atoms with Crippen molar-refractivity contribution < 1.29 is 18.3 Å². The molecule has 7 heteroatoms. The number of alkyl halides is 2. The Morgan fingerprint density at radius 1 is 1.20 bits per heavy atom. The van der Waals surface area contributed by atoms with Gasteiger partial charge in [0.25, 0.3) is 11.8 Å². The van der Waals surface area contributed by atoms with Gasteiger partial charge < -0.3 is 14.0 Å². The van der Waals surface area contributed by atoms with Crippen LogP contribution < -0.4 is 4.74 Å². The Morgan fingerprint density at radius 2 is 1.93 bits per heavy atom. The van der Waals surface area contributed by atoms with Crippen molar-refractivity contribution in [3.8, 4) is 5.75 Å². The van der Waals surface area contributed by atoms with E-state index in [0.29, 0.717) is 29.8 Å². The van der Waals surface area contributed by atoms with E-state index in [9.17, 15) is 13.6 Å². The Morgan fingerprint density at radius 3 is 2.63 bits per heavy atom. The number of benzene rings is 1. The Kier molecular flexibility index (Phi) is 4.14. The van der Waals surface area contributed by atoms with Gasteiger partial charge in [0.1, 0.15) is 6.10 Å². The lowest BCUT2D eigenvalue weighted by molar-refractivity contribution is -0.113. The topological polar surface area (TPSA) is 46.8 Å². The Labute approximate surface area is 173 Å². The van der Waals surface area contributed by atoms with Crippen LogP contribution in [0.4, 0.5) is 8.78 Å². The molecule has 0 N–H and O–H groups in total.